The van der Waals surface area contributed by atoms with Gasteiger partial charge in [0.05, 0.1) is 6.61 Å². The fourth-order valence-corrected chi connectivity index (χ4v) is 1.19. The third-order valence-electron chi connectivity index (χ3n) is 1.01. The van der Waals surface area contributed by atoms with E-state index in [-0.39, 0.29) is 0 Å². The van der Waals surface area contributed by atoms with Gasteiger partial charge in [0, 0.05) is 19.9 Å². The van der Waals surface area contributed by atoms with E-state index in [2.05, 4.69) is 24.6 Å². The summed E-state index contributed by atoms with van der Waals surface area (Å²) in [6.45, 7) is 7.61. The SMILES string of the molecule is C[Si](C)(C)CCONCl. The van der Waals surface area contributed by atoms with Gasteiger partial charge in [-0.2, -0.15) is 0 Å². The van der Waals surface area contributed by atoms with E-state index in [1.807, 2.05) is 0 Å². The van der Waals surface area contributed by atoms with Crippen LogP contribution in [-0.2, 0) is 4.84 Å². The van der Waals surface area contributed by atoms with Crippen LogP contribution in [0, 0.1) is 0 Å². The number of hydrogen-bond donors (Lipinski definition) is 1. The van der Waals surface area contributed by atoms with E-state index in [1.54, 1.807) is 0 Å². The van der Waals surface area contributed by atoms with Crippen molar-refractivity contribution >= 4 is 19.9 Å². The highest BCUT2D eigenvalue weighted by molar-refractivity contribution is 6.76. The summed E-state index contributed by atoms with van der Waals surface area (Å²) in [4.78, 5) is 6.89. The molecule has 0 aromatic heterocycles. The Morgan fingerprint density at radius 2 is 2.00 bits per heavy atom. The van der Waals surface area contributed by atoms with Crippen LogP contribution in [0.4, 0.5) is 0 Å². The summed E-state index contributed by atoms with van der Waals surface area (Å²) in [6, 6.07) is 1.15. The van der Waals surface area contributed by atoms with Gasteiger partial charge in [0.2, 0.25) is 0 Å². The molecule has 2 nitrogen and oxygen atoms in total. The van der Waals surface area contributed by atoms with Crippen LogP contribution in [0.2, 0.25) is 25.7 Å². The molecule has 0 spiro atoms. The van der Waals surface area contributed by atoms with Gasteiger partial charge in [0.15, 0.2) is 0 Å². The first-order valence-electron chi connectivity index (χ1n) is 3.04. The van der Waals surface area contributed by atoms with Crippen molar-refractivity contribution in [2.45, 2.75) is 25.7 Å². The number of nitrogens with one attached hydrogen (secondary N) is 1. The molecule has 9 heavy (non-hydrogen) atoms. The Kier molecular flexibility index (Phi) is 4.48. The van der Waals surface area contributed by atoms with Gasteiger partial charge < -0.3 is 0 Å². The molecule has 0 radical (unpaired) electrons. The first-order chi connectivity index (χ1) is 4.06. The molecule has 0 bridgehead atoms. The highest BCUT2D eigenvalue weighted by Gasteiger charge is 2.11. The monoisotopic (exact) mass is 167 g/mol. The zero-order valence-corrected chi connectivity index (χ0v) is 7.96. The lowest BCUT2D eigenvalue weighted by molar-refractivity contribution is 0.107. The maximum atomic E-state index is 5.07. The molecule has 0 heterocycles. The number of rotatable bonds is 4. The summed E-state index contributed by atoms with van der Waals surface area (Å²) in [5.74, 6) is 0. The van der Waals surface area contributed by atoms with E-state index in [4.69, 9.17) is 16.6 Å². The molecule has 1 N–H and O–H groups in total. The van der Waals surface area contributed by atoms with Crippen LogP contribution in [-0.4, -0.2) is 14.7 Å². The van der Waals surface area contributed by atoms with Crippen LogP contribution in [0.1, 0.15) is 0 Å². The van der Waals surface area contributed by atoms with Crippen LogP contribution in [0.3, 0.4) is 0 Å². The standard InChI is InChI=1S/C5H14ClNOSi/c1-9(2,3)5-4-8-7-6/h7H,4-5H2,1-3H3. The van der Waals surface area contributed by atoms with Gasteiger partial charge >= 0.3 is 0 Å². The fourth-order valence-electron chi connectivity index (χ4n) is 0.396. The first kappa shape index (κ1) is 9.43. The largest absolute Gasteiger partial charge is 0.287 e. The van der Waals surface area contributed by atoms with Crippen LogP contribution >= 0.6 is 11.8 Å². The van der Waals surface area contributed by atoms with E-state index < -0.39 is 8.07 Å². The molecular formula is C5H14ClNOSi. The van der Waals surface area contributed by atoms with Crippen LogP contribution in [0.5, 0.6) is 0 Å². The number of halogens is 1. The van der Waals surface area contributed by atoms with Crippen molar-refractivity contribution in [3.05, 3.63) is 0 Å². The van der Waals surface area contributed by atoms with Gasteiger partial charge in [-0.3, -0.25) is 4.84 Å². The zero-order valence-electron chi connectivity index (χ0n) is 6.20. The predicted molar refractivity (Wildman–Crippen MR) is 43.1 cm³/mol. The molecule has 0 unspecified atom stereocenters. The van der Waals surface area contributed by atoms with Crippen molar-refractivity contribution < 1.29 is 4.84 Å². The molecule has 0 rings (SSSR count). The van der Waals surface area contributed by atoms with E-state index in [9.17, 15) is 0 Å². The Labute approximate surface area is 62.6 Å². The second kappa shape index (κ2) is 4.28. The van der Waals surface area contributed by atoms with Crippen molar-refractivity contribution in [3.63, 3.8) is 0 Å². The van der Waals surface area contributed by atoms with E-state index in [1.165, 1.54) is 0 Å². The van der Waals surface area contributed by atoms with Crippen molar-refractivity contribution in [1.29, 1.82) is 0 Å². The number of hydrogen-bond acceptors (Lipinski definition) is 2. The van der Waals surface area contributed by atoms with Gasteiger partial charge in [-0.15, -0.1) is 5.00 Å². The first-order valence-corrected chi connectivity index (χ1v) is 7.12. The normalized spacial score (nSPS) is 12.0. The Morgan fingerprint density at radius 1 is 1.44 bits per heavy atom. The van der Waals surface area contributed by atoms with Gasteiger partial charge in [0.1, 0.15) is 0 Å². The maximum absolute atomic E-state index is 5.07. The molecule has 0 atom stereocenters. The molecule has 0 aliphatic heterocycles. The van der Waals surface area contributed by atoms with Crippen molar-refractivity contribution in [3.8, 4) is 0 Å². The molecule has 0 aliphatic rings. The van der Waals surface area contributed by atoms with Gasteiger partial charge in [-0.05, 0) is 6.04 Å². The second-order valence-electron chi connectivity index (χ2n) is 3.24. The third-order valence-corrected chi connectivity index (χ3v) is 2.82. The third kappa shape index (κ3) is 8.43. The minimum atomic E-state index is -0.918. The molecule has 0 saturated carbocycles. The minimum absolute atomic E-state index is 0.721. The van der Waals surface area contributed by atoms with Crippen molar-refractivity contribution in [2.75, 3.05) is 6.61 Å². The molecule has 0 aromatic rings. The zero-order chi connectivity index (χ0) is 7.33. The average molecular weight is 168 g/mol. The van der Waals surface area contributed by atoms with Crippen molar-refractivity contribution in [2.24, 2.45) is 0 Å². The Balaban J connectivity index is 3.07. The fraction of sp³-hybridized carbons (Fsp3) is 1.00. The minimum Gasteiger partial charge on any atom is -0.287 e. The lowest BCUT2D eigenvalue weighted by Gasteiger charge is -2.13. The highest BCUT2D eigenvalue weighted by atomic mass is 35.5. The molecule has 0 fully saturated rings. The van der Waals surface area contributed by atoms with E-state index >= 15 is 0 Å². The second-order valence-corrected chi connectivity index (χ2v) is 9.01. The van der Waals surface area contributed by atoms with Crippen LogP contribution < -0.4 is 5.00 Å². The van der Waals surface area contributed by atoms with E-state index in [0.29, 0.717) is 0 Å². The summed E-state index contributed by atoms with van der Waals surface area (Å²) in [5.41, 5.74) is 0. The molecule has 0 aromatic carbocycles. The molecule has 0 amide bonds. The molecule has 0 saturated heterocycles. The van der Waals surface area contributed by atoms with Crippen LogP contribution in [0.25, 0.3) is 0 Å². The van der Waals surface area contributed by atoms with Gasteiger partial charge in [0.25, 0.3) is 0 Å². The summed E-state index contributed by atoms with van der Waals surface area (Å²) in [5, 5.41) is 0. The smallest absolute Gasteiger partial charge is 0.0674 e. The molecule has 56 valence electrons. The predicted octanol–water partition coefficient (Wildman–Crippen LogP) is 2.00. The van der Waals surface area contributed by atoms with Gasteiger partial charge in [-0.25, -0.2) is 0 Å². The molecule has 4 heteroatoms. The summed E-state index contributed by atoms with van der Waals surface area (Å²) in [7, 11) is -0.918. The average Bonchev–Trinajstić information content (AvgIpc) is 1.63. The molecule has 0 aliphatic carbocycles. The Bertz CT molecular complexity index is 73.8. The van der Waals surface area contributed by atoms with Gasteiger partial charge in [-0.1, -0.05) is 19.6 Å². The van der Waals surface area contributed by atoms with Crippen LogP contribution in [0.15, 0.2) is 0 Å². The Morgan fingerprint density at radius 3 is 2.33 bits per heavy atom. The summed E-state index contributed by atoms with van der Waals surface area (Å²) >= 11 is 5.07. The topological polar surface area (TPSA) is 21.3 Å². The molecular weight excluding hydrogens is 154 g/mol. The summed E-state index contributed by atoms with van der Waals surface area (Å²) in [6.07, 6.45) is 0. The quantitative estimate of drug-likeness (QED) is 0.299. The highest BCUT2D eigenvalue weighted by Crippen LogP contribution is 2.06. The maximum Gasteiger partial charge on any atom is 0.0674 e. The Hall–Kier alpha value is 0.427. The summed E-state index contributed by atoms with van der Waals surface area (Å²) < 4.78 is 0. The van der Waals surface area contributed by atoms with Crippen molar-refractivity contribution in [1.82, 2.24) is 5.00 Å². The lowest BCUT2D eigenvalue weighted by Crippen LogP contribution is -2.22. The van der Waals surface area contributed by atoms with E-state index in [0.717, 1.165) is 12.7 Å². The lowest BCUT2D eigenvalue weighted by atomic mass is 10.9.